The molecular weight excluding hydrogens is 160 g/mol. The van der Waals surface area contributed by atoms with Gasteiger partial charge in [-0.1, -0.05) is 20.3 Å². The molecule has 0 aromatic rings. The second kappa shape index (κ2) is 4.97. The second-order valence-electron chi connectivity index (χ2n) is 4.96. The number of rotatable bonds is 6. The molecule has 0 radical (unpaired) electrons. The van der Waals surface area contributed by atoms with E-state index in [1.54, 1.807) is 0 Å². The van der Waals surface area contributed by atoms with Gasteiger partial charge in [0.25, 0.3) is 0 Å². The third-order valence-electron chi connectivity index (χ3n) is 3.16. The van der Waals surface area contributed by atoms with Crippen molar-refractivity contribution < 1.29 is 0 Å². The van der Waals surface area contributed by atoms with Gasteiger partial charge in [0.15, 0.2) is 0 Å². The van der Waals surface area contributed by atoms with E-state index in [0.717, 1.165) is 19.0 Å². The van der Waals surface area contributed by atoms with Crippen LogP contribution in [0.1, 0.15) is 33.1 Å². The average Bonchev–Trinajstić information content (AvgIpc) is 2.02. The molecule has 0 spiro atoms. The van der Waals surface area contributed by atoms with Crippen LogP contribution in [0.2, 0.25) is 0 Å². The van der Waals surface area contributed by atoms with E-state index < -0.39 is 0 Å². The van der Waals surface area contributed by atoms with Gasteiger partial charge in [-0.3, -0.25) is 0 Å². The molecule has 1 rings (SSSR count). The molecule has 0 amide bonds. The van der Waals surface area contributed by atoms with Crippen LogP contribution in [0.25, 0.3) is 0 Å². The fraction of sp³-hybridized carbons (Fsp3) is 1.00. The van der Waals surface area contributed by atoms with Crippen LogP contribution in [-0.4, -0.2) is 26.7 Å². The molecule has 0 aromatic carbocycles. The van der Waals surface area contributed by atoms with Gasteiger partial charge in [-0.05, 0) is 44.3 Å². The van der Waals surface area contributed by atoms with Crippen LogP contribution >= 0.6 is 0 Å². The van der Waals surface area contributed by atoms with Gasteiger partial charge in [-0.2, -0.15) is 0 Å². The van der Waals surface area contributed by atoms with Gasteiger partial charge in [-0.25, -0.2) is 0 Å². The molecule has 1 aliphatic carbocycles. The van der Waals surface area contributed by atoms with E-state index in [1.165, 1.54) is 25.8 Å². The van der Waals surface area contributed by atoms with Gasteiger partial charge < -0.3 is 10.6 Å². The Kier molecular flexibility index (Phi) is 4.20. The first-order valence-corrected chi connectivity index (χ1v) is 5.52. The summed E-state index contributed by atoms with van der Waals surface area (Å²) in [6.45, 7) is 8.15. The first-order chi connectivity index (χ1) is 6.16. The molecule has 2 nitrogen and oxygen atoms in total. The quantitative estimate of drug-likeness (QED) is 0.655. The predicted octanol–water partition coefficient (Wildman–Crippen LogP) is 1.62. The minimum Gasteiger partial charge on any atom is -0.319 e. The summed E-state index contributed by atoms with van der Waals surface area (Å²) in [6.07, 6.45) is 4.27. The van der Waals surface area contributed by atoms with Gasteiger partial charge in [0.05, 0.1) is 0 Å². The van der Waals surface area contributed by atoms with Crippen LogP contribution in [0.4, 0.5) is 0 Å². The molecule has 2 N–H and O–H groups in total. The summed E-state index contributed by atoms with van der Waals surface area (Å²) in [5.41, 5.74) is 0.624. The first-order valence-electron chi connectivity index (χ1n) is 5.52. The average molecular weight is 184 g/mol. The molecule has 1 atom stereocenters. The molecule has 1 saturated carbocycles. The summed E-state index contributed by atoms with van der Waals surface area (Å²) in [6, 6.07) is 0. The Balaban J connectivity index is 1.99. The maximum atomic E-state index is 3.57. The highest BCUT2D eigenvalue weighted by Crippen LogP contribution is 2.39. The molecule has 2 heteroatoms. The molecule has 1 unspecified atom stereocenters. The molecule has 1 fully saturated rings. The summed E-state index contributed by atoms with van der Waals surface area (Å²) >= 11 is 0. The van der Waals surface area contributed by atoms with Crippen molar-refractivity contribution in [2.75, 3.05) is 26.7 Å². The molecule has 78 valence electrons. The zero-order chi connectivity index (χ0) is 9.73. The van der Waals surface area contributed by atoms with Crippen molar-refractivity contribution in [1.82, 2.24) is 10.6 Å². The monoisotopic (exact) mass is 184 g/mol. The fourth-order valence-corrected chi connectivity index (χ4v) is 2.00. The summed E-state index contributed by atoms with van der Waals surface area (Å²) in [5, 5.41) is 6.78. The largest absolute Gasteiger partial charge is 0.319 e. The lowest BCUT2D eigenvalue weighted by Crippen LogP contribution is -2.39. The first kappa shape index (κ1) is 11.0. The van der Waals surface area contributed by atoms with Crippen molar-refractivity contribution in [1.29, 1.82) is 0 Å². The SMILES string of the molecule is CNCC(C)CNCC1(C)CCC1. The van der Waals surface area contributed by atoms with Crippen LogP contribution in [0.3, 0.4) is 0 Å². The minimum atomic E-state index is 0.624. The van der Waals surface area contributed by atoms with E-state index >= 15 is 0 Å². The molecule has 0 aliphatic heterocycles. The third-order valence-corrected chi connectivity index (χ3v) is 3.16. The summed E-state index contributed by atoms with van der Waals surface area (Å²) in [7, 11) is 2.02. The number of nitrogens with one attached hydrogen (secondary N) is 2. The molecule has 1 aliphatic rings. The van der Waals surface area contributed by atoms with Crippen molar-refractivity contribution in [2.24, 2.45) is 11.3 Å². The fourth-order valence-electron chi connectivity index (χ4n) is 2.00. The van der Waals surface area contributed by atoms with Crippen molar-refractivity contribution in [2.45, 2.75) is 33.1 Å². The molecule has 0 bridgehead atoms. The summed E-state index contributed by atoms with van der Waals surface area (Å²) in [4.78, 5) is 0. The zero-order valence-electron chi connectivity index (χ0n) is 9.32. The standard InChI is InChI=1S/C11H24N2/c1-10(7-12-3)8-13-9-11(2)5-4-6-11/h10,12-13H,4-9H2,1-3H3. The highest BCUT2D eigenvalue weighted by Gasteiger charge is 2.30. The smallest absolute Gasteiger partial charge is 0.000528 e. The Morgan fingerprint density at radius 1 is 1.31 bits per heavy atom. The van der Waals surface area contributed by atoms with E-state index in [2.05, 4.69) is 24.5 Å². The predicted molar refractivity (Wildman–Crippen MR) is 57.9 cm³/mol. The molecule has 0 aromatic heterocycles. The van der Waals surface area contributed by atoms with Gasteiger partial charge in [0, 0.05) is 6.54 Å². The summed E-state index contributed by atoms with van der Waals surface area (Å²) in [5.74, 6) is 0.744. The Bertz CT molecular complexity index is 141. The van der Waals surface area contributed by atoms with Crippen LogP contribution in [0, 0.1) is 11.3 Å². The Morgan fingerprint density at radius 3 is 2.46 bits per heavy atom. The molecule has 0 saturated heterocycles. The van der Waals surface area contributed by atoms with E-state index in [0.29, 0.717) is 5.41 Å². The Hall–Kier alpha value is -0.0800. The van der Waals surface area contributed by atoms with Crippen LogP contribution in [0.5, 0.6) is 0 Å². The third kappa shape index (κ3) is 3.65. The van der Waals surface area contributed by atoms with E-state index in [1.807, 2.05) is 7.05 Å². The Labute approximate surface area is 82.5 Å². The van der Waals surface area contributed by atoms with E-state index in [9.17, 15) is 0 Å². The lowest BCUT2D eigenvalue weighted by molar-refractivity contribution is 0.155. The van der Waals surface area contributed by atoms with Crippen molar-refractivity contribution >= 4 is 0 Å². The van der Waals surface area contributed by atoms with Crippen molar-refractivity contribution in [3.8, 4) is 0 Å². The number of hydrogen-bond donors (Lipinski definition) is 2. The zero-order valence-corrected chi connectivity index (χ0v) is 9.32. The minimum absolute atomic E-state index is 0.624. The van der Waals surface area contributed by atoms with Crippen LogP contribution in [0.15, 0.2) is 0 Å². The maximum absolute atomic E-state index is 3.57. The second-order valence-corrected chi connectivity index (χ2v) is 4.96. The van der Waals surface area contributed by atoms with Crippen molar-refractivity contribution in [3.63, 3.8) is 0 Å². The molecule has 0 heterocycles. The maximum Gasteiger partial charge on any atom is 0.000528 e. The lowest BCUT2D eigenvalue weighted by Gasteiger charge is -2.38. The lowest BCUT2D eigenvalue weighted by atomic mass is 9.70. The molecule has 13 heavy (non-hydrogen) atoms. The van der Waals surface area contributed by atoms with Crippen LogP contribution in [-0.2, 0) is 0 Å². The van der Waals surface area contributed by atoms with E-state index in [4.69, 9.17) is 0 Å². The van der Waals surface area contributed by atoms with Gasteiger partial charge in [0.1, 0.15) is 0 Å². The molecular formula is C11H24N2. The topological polar surface area (TPSA) is 24.1 Å². The Morgan fingerprint density at radius 2 is 2.00 bits per heavy atom. The highest BCUT2D eigenvalue weighted by atomic mass is 14.9. The highest BCUT2D eigenvalue weighted by molar-refractivity contribution is 4.85. The van der Waals surface area contributed by atoms with Crippen molar-refractivity contribution in [3.05, 3.63) is 0 Å². The normalized spacial score (nSPS) is 22.4. The van der Waals surface area contributed by atoms with Gasteiger partial charge in [-0.15, -0.1) is 0 Å². The van der Waals surface area contributed by atoms with Gasteiger partial charge >= 0.3 is 0 Å². The van der Waals surface area contributed by atoms with Crippen LogP contribution < -0.4 is 10.6 Å². The summed E-state index contributed by atoms with van der Waals surface area (Å²) < 4.78 is 0. The van der Waals surface area contributed by atoms with E-state index in [-0.39, 0.29) is 0 Å². The van der Waals surface area contributed by atoms with Gasteiger partial charge in [0.2, 0.25) is 0 Å². The number of hydrogen-bond acceptors (Lipinski definition) is 2.